The Morgan fingerprint density at radius 3 is 2.37 bits per heavy atom. The molecule has 2 amide bonds. The van der Waals surface area contributed by atoms with Crippen LogP contribution in [0.15, 0.2) is 53.4 Å². The fraction of sp³-hybridized carbons (Fsp3) is 0.300. The maximum atomic E-state index is 12.8. The molecular weight excluding hydrogens is 430 g/mol. The van der Waals surface area contributed by atoms with Gasteiger partial charge in [-0.05, 0) is 36.8 Å². The van der Waals surface area contributed by atoms with Gasteiger partial charge in [-0.15, -0.1) is 0 Å². The number of amides is 2. The Hall–Kier alpha value is -2.46. The fourth-order valence-corrected chi connectivity index (χ4v) is 4.55. The van der Waals surface area contributed by atoms with E-state index in [1.54, 1.807) is 0 Å². The molecule has 1 heterocycles. The van der Waals surface area contributed by atoms with Crippen LogP contribution < -0.4 is 10.6 Å². The first kappa shape index (κ1) is 22.2. The zero-order valence-corrected chi connectivity index (χ0v) is 17.9. The molecule has 0 unspecified atom stereocenters. The predicted octanol–water partition coefficient (Wildman–Crippen LogP) is 1.43. The summed E-state index contributed by atoms with van der Waals surface area (Å²) >= 11 is 5.82. The number of ether oxygens (including phenoxy) is 1. The second-order valence-corrected chi connectivity index (χ2v) is 9.10. The van der Waals surface area contributed by atoms with Crippen LogP contribution in [0, 0.1) is 6.92 Å². The van der Waals surface area contributed by atoms with Gasteiger partial charge in [-0.1, -0.05) is 41.4 Å². The molecule has 3 rings (SSSR count). The van der Waals surface area contributed by atoms with E-state index < -0.39 is 28.1 Å². The zero-order valence-electron chi connectivity index (χ0n) is 16.3. The first-order valence-electron chi connectivity index (χ1n) is 9.28. The molecule has 0 radical (unpaired) electrons. The van der Waals surface area contributed by atoms with Crippen LogP contribution in [-0.4, -0.2) is 50.5 Å². The van der Waals surface area contributed by atoms with E-state index in [1.807, 2.05) is 31.2 Å². The normalized spacial score (nSPS) is 16.9. The lowest BCUT2D eigenvalue weighted by Gasteiger charge is -2.22. The highest BCUT2D eigenvalue weighted by molar-refractivity contribution is 7.89. The number of aryl methyl sites for hydroxylation is 1. The van der Waals surface area contributed by atoms with Gasteiger partial charge in [0.25, 0.3) is 0 Å². The third-order valence-electron chi connectivity index (χ3n) is 4.58. The van der Waals surface area contributed by atoms with Crippen LogP contribution in [0.4, 0.5) is 0 Å². The van der Waals surface area contributed by atoms with E-state index in [2.05, 4.69) is 10.6 Å². The number of hydrogen-bond acceptors (Lipinski definition) is 5. The molecule has 1 aliphatic heterocycles. The molecule has 0 aromatic heterocycles. The molecule has 160 valence electrons. The van der Waals surface area contributed by atoms with Gasteiger partial charge >= 0.3 is 11.8 Å². The van der Waals surface area contributed by atoms with Crippen molar-refractivity contribution in [3.05, 3.63) is 64.7 Å². The maximum absolute atomic E-state index is 12.8. The minimum Gasteiger partial charge on any atom is -0.359 e. The molecule has 1 aliphatic rings. The van der Waals surface area contributed by atoms with Crippen molar-refractivity contribution in [3.63, 3.8) is 0 Å². The van der Waals surface area contributed by atoms with Crippen molar-refractivity contribution in [1.29, 1.82) is 0 Å². The number of carbonyl (C=O) groups excluding carboxylic acids is 2. The first-order chi connectivity index (χ1) is 14.3. The van der Waals surface area contributed by atoms with Crippen LogP contribution in [0.1, 0.15) is 11.1 Å². The topological polar surface area (TPSA) is 105 Å². The summed E-state index contributed by atoms with van der Waals surface area (Å²) in [5.74, 6) is -1.66. The van der Waals surface area contributed by atoms with Crippen molar-refractivity contribution < 1.29 is 22.7 Å². The summed E-state index contributed by atoms with van der Waals surface area (Å²) < 4.78 is 32.3. The molecule has 0 spiro atoms. The lowest BCUT2D eigenvalue weighted by atomic mass is 10.1. The van der Waals surface area contributed by atoms with E-state index in [9.17, 15) is 18.0 Å². The zero-order chi connectivity index (χ0) is 21.7. The molecule has 1 saturated heterocycles. The summed E-state index contributed by atoms with van der Waals surface area (Å²) in [5.41, 5.74) is 1.96. The Bertz CT molecular complexity index is 1010. The number of rotatable bonds is 6. The van der Waals surface area contributed by atoms with Crippen molar-refractivity contribution in [1.82, 2.24) is 14.9 Å². The van der Waals surface area contributed by atoms with Crippen LogP contribution in [0.5, 0.6) is 0 Å². The summed E-state index contributed by atoms with van der Waals surface area (Å²) in [6.07, 6.45) is -0.903. The number of nitrogens with zero attached hydrogens (tertiary/aromatic N) is 1. The van der Waals surface area contributed by atoms with Crippen LogP contribution in [0.2, 0.25) is 5.02 Å². The Morgan fingerprint density at radius 2 is 1.70 bits per heavy atom. The summed E-state index contributed by atoms with van der Waals surface area (Å²) in [7, 11) is -3.82. The van der Waals surface area contributed by atoms with Gasteiger partial charge < -0.3 is 15.4 Å². The minimum absolute atomic E-state index is 0.0737. The van der Waals surface area contributed by atoms with Gasteiger partial charge in [0, 0.05) is 18.1 Å². The predicted molar refractivity (Wildman–Crippen MR) is 111 cm³/mol. The van der Waals surface area contributed by atoms with Crippen molar-refractivity contribution >= 4 is 33.4 Å². The van der Waals surface area contributed by atoms with Crippen molar-refractivity contribution in [2.45, 2.75) is 24.6 Å². The number of benzene rings is 2. The molecule has 0 saturated carbocycles. The number of nitrogens with one attached hydrogen (secondary N) is 2. The first-order valence-corrected chi connectivity index (χ1v) is 11.1. The maximum Gasteiger partial charge on any atom is 0.309 e. The highest BCUT2D eigenvalue weighted by Crippen LogP contribution is 2.23. The third kappa shape index (κ3) is 5.37. The molecule has 0 bridgehead atoms. The van der Waals surface area contributed by atoms with Gasteiger partial charge in [-0.25, -0.2) is 8.42 Å². The van der Waals surface area contributed by atoms with Crippen LogP contribution in [0.25, 0.3) is 0 Å². The average Bonchev–Trinajstić information content (AvgIpc) is 3.21. The van der Waals surface area contributed by atoms with Gasteiger partial charge in [0.05, 0.1) is 18.0 Å². The van der Waals surface area contributed by atoms with Gasteiger partial charge in [-0.2, -0.15) is 4.31 Å². The molecular formula is C20H22ClN3O5S. The van der Waals surface area contributed by atoms with E-state index >= 15 is 0 Å². The van der Waals surface area contributed by atoms with E-state index in [1.165, 1.54) is 24.3 Å². The number of hydrogen-bond donors (Lipinski definition) is 2. The molecule has 0 aliphatic carbocycles. The van der Waals surface area contributed by atoms with Gasteiger partial charge in [0.15, 0.2) is 0 Å². The Kier molecular flexibility index (Phi) is 7.09. The van der Waals surface area contributed by atoms with Gasteiger partial charge in [-0.3, -0.25) is 9.59 Å². The van der Waals surface area contributed by atoms with Crippen molar-refractivity contribution in [3.8, 4) is 0 Å². The van der Waals surface area contributed by atoms with Crippen molar-refractivity contribution in [2.24, 2.45) is 0 Å². The Labute approximate surface area is 180 Å². The molecule has 2 aromatic carbocycles. The number of halogens is 1. The highest BCUT2D eigenvalue weighted by Gasteiger charge is 2.36. The Balaban J connectivity index is 1.54. The number of sulfonamides is 1. The fourth-order valence-electron chi connectivity index (χ4n) is 2.91. The molecule has 1 atom stereocenters. The summed E-state index contributed by atoms with van der Waals surface area (Å²) in [6, 6.07) is 13.3. The molecule has 30 heavy (non-hydrogen) atoms. The highest BCUT2D eigenvalue weighted by atomic mass is 35.5. The van der Waals surface area contributed by atoms with E-state index in [0.717, 1.165) is 15.4 Å². The van der Waals surface area contributed by atoms with Crippen LogP contribution >= 0.6 is 11.6 Å². The molecule has 10 heteroatoms. The van der Waals surface area contributed by atoms with Crippen LogP contribution in [0.3, 0.4) is 0 Å². The second-order valence-electron chi connectivity index (χ2n) is 6.77. The SMILES string of the molecule is Cc1ccc(CNC(=O)C(=O)NC[C@H]2OCCN2S(=O)(=O)c2ccc(Cl)cc2)cc1. The van der Waals surface area contributed by atoms with E-state index in [4.69, 9.17) is 16.3 Å². The Morgan fingerprint density at radius 1 is 1.07 bits per heavy atom. The largest absolute Gasteiger partial charge is 0.359 e. The van der Waals surface area contributed by atoms with E-state index in [0.29, 0.717) is 5.02 Å². The van der Waals surface area contributed by atoms with Crippen LogP contribution in [-0.2, 0) is 30.9 Å². The minimum atomic E-state index is -3.82. The molecule has 2 aromatic rings. The van der Waals surface area contributed by atoms with E-state index in [-0.39, 0.29) is 31.1 Å². The summed E-state index contributed by atoms with van der Waals surface area (Å²) in [6.45, 7) is 2.35. The molecule has 8 nitrogen and oxygen atoms in total. The lowest BCUT2D eigenvalue weighted by Crippen LogP contribution is -2.47. The molecule has 2 N–H and O–H groups in total. The monoisotopic (exact) mass is 451 g/mol. The average molecular weight is 452 g/mol. The quantitative estimate of drug-likeness (QED) is 0.646. The van der Waals surface area contributed by atoms with Gasteiger partial charge in [0.1, 0.15) is 6.23 Å². The summed E-state index contributed by atoms with van der Waals surface area (Å²) in [5, 5.41) is 5.38. The summed E-state index contributed by atoms with van der Waals surface area (Å²) in [4.78, 5) is 24.2. The second kappa shape index (κ2) is 9.57. The third-order valence-corrected chi connectivity index (χ3v) is 6.74. The number of carbonyl (C=O) groups is 2. The lowest BCUT2D eigenvalue weighted by molar-refractivity contribution is -0.139. The molecule has 1 fully saturated rings. The van der Waals surface area contributed by atoms with Gasteiger partial charge in [0.2, 0.25) is 10.0 Å². The smallest absolute Gasteiger partial charge is 0.309 e. The van der Waals surface area contributed by atoms with Crippen molar-refractivity contribution in [2.75, 3.05) is 19.7 Å². The standard InChI is InChI=1S/C20H22ClN3O5S/c1-14-2-4-15(5-3-14)12-22-19(25)20(26)23-13-18-24(10-11-29-18)30(27,28)17-8-6-16(21)7-9-17/h2-9,18H,10-13H2,1H3,(H,22,25)(H,23,26)/t18-/m1/s1.